The third-order valence-corrected chi connectivity index (χ3v) is 4.59. The van der Waals surface area contributed by atoms with Gasteiger partial charge in [-0.2, -0.15) is 0 Å². The second kappa shape index (κ2) is 11.1. The Kier molecular flexibility index (Phi) is 9.73. The molecule has 0 bridgehead atoms. The van der Waals surface area contributed by atoms with Gasteiger partial charge in [-0.1, -0.05) is 58.3 Å². The van der Waals surface area contributed by atoms with E-state index in [2.05, 4.69) is 12.2 Å². The lowest BCUT2D eigenvalue weighted by Crippen LogP contribution is -2.35. The minimum atomic E-state index is -0.590. The van der Waals surface area contributed by atoms with Gasteiger partial charge < -0.3 is 10.4 Å². The molecule has 0 aromatic heterocycles. The number of rotatable bonds is 11. The van der Waals surface area contributed by atoms with Crippen molar-refractivity contribution >= 4 is 5.97 Å². The first kappa shape index (κ1) is 17.5. The number of unbranched alkanes of at least 4 members (excludes halogenated alkanes) is 6. The van der Waals surface area contributed by atoms with Crippen molar-refractivity contribution < 1.29 is 9.90 Å². The summed E-state index contributed by atoms with van der Waals surface area (Å²) in [6.07, 6.45) is 13.6. The van der Waals surface area contributed by atoms with Crippen LogP contribution < -0.4 is 5.32 Å². The Bertz CT molecular complexity index is 255. The quantitative estimate of drug-likeness (QED) is 0.558. The molecule has 1 saturated carbocycles. The zero-order valence-corrected chi connectivity index (χ0v) is 13.2. The molecule has 0 saturated heterocycles. The Balaban J connectivity index is 1.98. The Morgan fingerprint density at radius 3 is 2.40 bits per heavy atom. The zero-order valence-electron chi connectivity index (χ0n) is 13.2. The summed E-state index contributed by atoms with van der Waals surface area (Å²) < 4.78 is 0. The van der Waals surface area contributed by atoms with Crippen molar-refractivity contribution in [3.05, 3.63) is 0 Å². The molecule has 0 spiro atoms. The molecular formula is C17H33NO2. The first-order valence-corrected chi connectivity index (χ1v) is 8.69. The molecule has 1 fully saturated rings. The fourth-order valence-electron chi connectivity index (χ4n) is 3.27. The lowest BCUT2D eigenvalue weighted by atomic mass is 9.79. The van der Waals surface area contributed by atoms with Crippen LogP contribution in [0.15, 0.2) is 0 Å². The molecule has 1 aliphatic carbocycles. The predicted molar refractivity (Wildman–Crippen MR) is 83.9 cm³/mol. The lowest BCUT2D eigenvalue weighted by molar-refractivity contribution is -0.144. The molecule has 3 heteroatoms. The Morgan fingerprint density at radius 1 is 1.05 bits per heavy atom. The number of hydrogen-bond acceptors (Lipinski definition) is 2. The lowest BCUT2D eigenvalue weighted by Gasteiger charge is -2.28. The van der Waals surface area contributed by atoms with Gasteiger partial charge in [0.1, 0.15) is 0 Å². The van der Waals surface area contributed by atoms with Gasteiger partial charge in [-0.05, 0) is 38.3 Å². The van der Waals surface area contributed by atoms with Crippen LogP contribution in [0.2, 0.25) is 0 Å². The van der Waals surface area contributed by atoms with E-state index in [0.717, 1.165) is 32.4 Å². The summed E-state index contributed by atoms with van der Waals surface area (Å²) in [6, 6.07) is 0. The fourth-order valence-corrected chi connectivity index (χ4v) is 3.27. The maximum atomic E-state index is 11.2. The number of carbonyl (C=O) groups is 1. The summed E-state index contributed by atoms with van der Waals surface area (Å²) in [5, 5.41) is 12.7. The largest absolute Gasteiger partial charge is 0.481 e. The molecule has 3 nitrogen and oxygen atoms in total. The van der Waals surface area contributed by atoms with Crippen LogP contribution in [-0.4, -0.2) is 24.2 Å². The molecular weight excluding hydrogens is 250 g/mol. The van der Waals surface area contributed by atoms with Gasteiger partial charge in [0.25, 0.3) is 0 Å². The molecule has 2 unspecified atom stereocenters. The van der Waals surface area contributed by atoms with Crippen LogP contribution in [0.3, 0.4) is 0 Å². The third kappa shape index (κ3) is 7.28. The maximum absolute atomic E-state index is 11.2. The van der Waals surface area contributed by atoms with Crippen molar-refractivity contribution in [3.8, 4) is 0 Å². The number of hydrogen-bond donors (Lipinski definition) is 2. The summed E-state index contributed by atoms with van der Waals surface area (Å²) in [5.41, 5.74) is 0. The molecule has 1 rings (SSSR count). The second-order valence-corrected chi connectivity index (χ2v) is 6.31. The second-order valence-electron chi connectivity index (χ2n) is 6.31. The van der Waals surface area contributed by atoms with E-state index in [1.165, 1.54) is 51.4 Å². The highest BCUT2D eigenvalue weighted by Gasteiger charge is 2.30. The number of nitrogens with one attached hydrogen (secondary N) is 1. The number of aliphatic carboxylic acids is 1. The first-order chi connectivity index (χ1) is 9.75. The maximum Gasteiger partial charge on any atom is 0.306 e. The highest BCUT2D eigenvalue weighted by Crippen LogP contribution is 2.29. The predicted octanol–water partition coefficient (Wildman–Crippen LogP) is 4.22. The zero-order chi connectivity index (χ0) is 14.6. The molecule has 0 radical (unpaired) electrons. The molecule has 0 aromatic rings. The van der Waals surface area contributed by atoms with E-state index in [-0.39, 0.29) is 5.92 Å². The number of carboxylic acid groups (broad SMARTS) is 1. The molecule has 1 aliphatic rings. The fraction of sp³-hybridized carbons (Fsp3) is 0.941. The van der Waals surface area contributed by atoms with Gasteiger partial charge in [0, 0.05) is 0 Å². The van der Waals surface area contributed by atoms with Crippen molar-refractivity contribution in [1.29, 1.82) is 0 Å². The van der Waals surface area contributed by atoms with Gasteiger partial charge in [0.15, 0.2) is 0 Å². The van der Waals surface area contributed by atoms with Crippen molar-refractivity contribution in [3.63, 3.8) is 0 Å². The van der Waals surface area contributed by atoms with Gasteiger partial charge in [-0.15, -0.1) is 0 Å². The summed E-state index contributed by atoms with van der Waals surface area (Å²) in [6.45, 7) is 4.20. The van der Waals surface area contributed by atoms with Crippen LogP contribution in [0.4, 0.5) is 0 Å². The van der Waals surface area contributed by atoms with Crippen LogP contribution >= 0.6 is 0 Å². The van der Waals surface area contributed by atoms with E-state index in [0.29, 0.717) is 5.92 Å². The minimum absolute atomic E-state index is 0.106. The van der Waals surface area contributed by atoms with Crippen LogP contribution in [-0.2, 0) is 4.79 Å². The Morgan fingerprint density at radius 2 is 1.70 bits per heavy atom. The topological polar surface area (TPSA) is 49.3 Å². The van der Waals surface area contributed by atoms with E-state index < -0.39 is 5.97 Å². The minimum Gasteiger partial charge on any atom is -0.481 e. The smallest absolute Gasteiger partial charge is 0.306 e. The average molecular weight is 283 g/mol. The van der Waals surface area contributed by atoms with Gasteiger partial charge in [-0.3, -0.25) is 4.79 Å². The van der Waals surface area contributed by atoms with Crippen LogP contribution in [0.1, 0.15) is 77.6 Å². The summed E-state index contributed by atoms with van der Waals surface area (Å²) >= 11 is 0. The van der Waals surface area contributed by atoms with E-state index in [4.69, 9.17) is 0 Å². The average Bonchev–Trinajstić information content (AvgIpc) is 2.46. The molecule has 20 heavy (non-hydrogen) atoms. The van der Waals surface area contributed by atoms with Gasteiger partial charge in [0.05, 0.1) is 5.92 Å². The van der Waals surface area contributed by atoms with Crippen molar-refractivity contribution in [2.75, 3.05) is 13.1 Å². The standard InChI is InChI=1S/C17H33NO2/c1-2-3-4-5-6-7-10-13-18-14-15-11-8-9-12-16(15)17(19)20/h15-16,18H,2-14H2,1H3,(H,19,20). The van der Waals surface area contributed by atoms with Gasteiger partial charge in [-0.25, -0.2) is 0 Å². The molecule has 2 N–H and O–H groups in total. The highest BCUT2D eigenvalue weighted by molar-refractivity contribution is 5.70. The van der Waals surface area contributed by atoms with Gasteiger partial charge >= 0.3 is 5.97 Å². The molecule has 0 aliphatic heterocycles. The molecule has 0 heterocycles. The molecule has 2 atom stereocenters. The summed E-state index contributed by atoms with van der Waals surface area (Å²) in [7, 11) is 0. The van der Waals surface area contributed by atoms with Crippen molar-refractivity contribution in [2.24, 2.45) is 11.8 Å². The Labute approximate surface area is 124 Å². The highest BCUT2D eigenvalue weighted by atomic mass is 16.4. The molecule has 0 aromatic carbocycles. The van der Waals surface area contributed by atoms with E-state index >= 15 is 0 Å². The first-order valence-electron chi connectivity index (χ1n) is 8.69. The van der Waals surface area contributed by atoms with Crippen molar-refractivity contribution in [2.45, 2.75) is 77.6 Å². The normalized spacial score (nSPS) is 22.9. The number of carboxylic acids is 1. The summed E-state index contributed by atoms with van der Waals surface area (Å²) in [4.78, 5) is 11.2. The van der Waals surface area contributed by atoms with E-state index in [9.17, 15) is 9.90 Å². The summed E-state index contributed by atoms with van der Waals surface area (Å²) in [5.74, 6) is -0.344. The monoisotopic (exact) mass is 283 g/mol. The Hall–Kier alpha value is -0.570. The SMILES string of the molecule is CCCCCCCCCNCC1CCCCC1C(=O)O. The molecule has 0 amide bonds. The van der Waals surface area contributed by atoms with Gasteiger partial charge in [0.2, 0.25) is 0 Å². The third-order valence-electron chi connectivity index (χ3n) is 4.59. The van der Waals surface area contributed by atoms with E-state index in [1.807, 2.05) is 0 Å². The molecule has 118 valence electrons. The van der Waals surface area contributed by atoms with Crippen LogP contribution in [0, 0.1) is 11.8 Å². The van der Waals surface area contributed by atoms with Crippen LogP contribution in [0.25, 0.3) is 0 Å². The van der Waals surface area contributed by atoms with Crippen LogP contribution in [0.5, 0.6) is 0 Å². The van der Waals surface area contributed by atoms with E-state index in [1.54, 1.807) is 0 Å². The van der Waals surface area contributed by atoms with Crippen molar-refractivity contribution in [1.82, 2.24) is 5.32 Å².